The van der Waals surface area contributed by atoms with Crippen molar-refractivity contribution in [1.82, 2.24) is 4.90 Å². The Labute approximate surface area is 178 Å². The van der Waals surface area contributed by atoms with E-state index in [2.05, 4.69) is 47.4 Å². The fraction of sp³-hybridized carbons (Fsp3) is 0.269. The molecule has 3 aromatic rings. The minimum atomic E-state index is -0.256. The molecule has 30 heavy (non-hydrogen) atoms. The first-order valence-corrected chi connectivity index (χ1v) is 10.5. The van der Waals surface area contributed by atoms with Gasteiger partial charge in [0.05, 0.1) is 6.61 Å². The number of ether oxygens (including phenoxy) is 2. The van der Waals surface area contributed by atoms with E-state index >= 15 is 0 Å². The molecule has 3 aromatic carbocycles. The second-order valence-corrected chi connectivity index (χ2v) is 7.56. The second-order valence-electron chi connectivity index (χ2n) is 7.56. The molecule has 1 aliphatic rings. The third-order valence-electron chi connectivity index (χ3n) is 5.46. The summed E-state index contributed by atoms with van der Waals surface area (Å²) in [7, 11) is 0. The van der Waals surface area contributed by atoms with E-state index in [1.54, 1.807) is 0 Å². The van der Waals surface area contributed by atoms with Gasteiger partial charge in [-0.25, -0.2) is 0 Å². The number of nitrogens with zero attached hydrogens (tertiary/aromatic N) is 1. The van der Waals surface area contributed by atoms with Crippen LogP contribution >= 0.6 is 0 Å². The van der Waals surface area contributed by atoms with Crippen LogP contribution in [0.4, 0.5) is 0 Å². The average Bonchev–Trinajstić information content (AvgIpc) is 2.79. The zero-order valence-electron chi connectivity index (χ0n) is 17.3. The molecule has 0 bridgehead atoms. The highest BCUT2D eigenvalue weighted by atomic mass is 16.5. The molecule has 0 saturated heterocycles. The van der Waals surface area contributed by atoms with E-state index in [0.717, 1.165) is 23.4 Å². The SMILES string of the molecule is CCOC(=O)[C@H]1Cc2ccccc2CN1Cc1ccc(OCc2ccccc2)cc1. The standard InChI is InChI=1S/C26H27NO3/c1-2-29-26(28)25-16-22-10-6-7-11-23(22)18-27(25)17-20-12-14-24(15-13-20)30-19-21-8-4-3-5-9-21/h3-15,25H,2,16-19H2,1H3/t25-/m1/s1. The Balaban J connectivity index is 1.44. The van der Waals surface area contributed by atoms with Crippen LogP contribution < -0.4 is 4.74 Å². The van der Waals surface area contributed by atoms with Crippen molar-refractivity contribution in [2.75, 3.05) is 6.61 Å². The van der Waals surface area contributed by atoms with Crippen LogP contribution in [-0.4, -0.2) is 23.5 Å². The van der Waals surface area contributed by atoms with E-state index in [-0.39, 0.29) is 12.0 Å². The van der Waals surface area contributed by atoms with Crippen LogP contribution in [0.3, 0.4) is 0 Å². The van der Waals surface area contributed by atoms with Gasteiger partial charge in [0.1, 0.15) is 18.4 Å². The van der Waals surface area contributed by atoms with E-state index < -0.39 is 0 Å². The number of hydrogen-bond acceptors (Lipinski definition) is 4. The zero-order chi connectivity index (χ0) is 20.8. The average molecular weight is 402 g/mol. The maximum Gasteiger partial charge on any atom is 0.323 e. The first-order valence-electron chi connectivity index (χ1n) is 10.5. The van der Waals surface area contributed by atoms with E-state index in [1.165, 1.54) is 11.1 Å². The van der Waals surface area contributed by atoms with Gasteiger partial charge in [0.15, 0.2) is 0 Å². The Morgan fingerprint density at radius 3 is 2.33 bits per heavy atom. The molecule has 0 amide bonds. The van der Waals surface area contributed by atoms with Crippen LogP contribution in [0.5, 0.6) is 5.75 Å². The highest BCUT2D eigenvalue weighted by Gasteiger charge is 2.32. The largest absolute Gasteiger partial charge is 0.489 e. The number of carbonyl (C=O) groups is 1. The molecule has 0 aliphatic carbocycles. The quantitative estimate of drug-likeness (QED) is 0.535. The van der Waals surface area contributed by atoms with Crippen molar-refractivity contribution in [3.8, 4) is 5.75 Å². The van der Waals surface area contributed by atoms with Crippen LogP contribution in [0, 0.1) is 0 Å². The van der Waals surface area contributed by atoms with Crippen LogP contribution in [0.15, 0.2) is 78.9 Å². The molecule has 1 aliphatic heterocycles. The Morgan fingerprint density at radius 1 is 0.900 bits per heavy atom. The predicted molar refractivity (Wildman–Crippen MR) is 117 cm³/mol. The Morgan fingerprint density at radius 2 is 1.60 bits per heavy atom. The van der Waals surface area contributed by atoms with Gasteiger partial charge in [0.2, 0.25) is 0 Å². The Kier molecular flexibility index (Phi) is 6.45. The van der Waals surface area contributed by atoms with Crippen molar-refractivity contribution in [2.24, 2.45) is 0 Å². The summed E-state index contributed by atoms with van der Waals surface area (Å²) in [5.74, 6) is 0.698. The number of benzene rings is 3. The van der Waals surface area contributed by atoms with Gasteiger partial charge < -0.3 is 9.47 Å². The van der Waals surface area contributed by atoms with Gasteiger partial charge in [-0.05, 0) is 47.7 Å². The summed E-state index contributed by atoms with van der Waals surface area (Å²) in [5, 5.41) is 0. The molecule has 154 valence electrons. The third-order valence-corrected chi connectivity index (χ3v) is 5.46. The van der Waals surface area contributed by atoms with Gasteiger partial charge in [0.25, 0.3) is 0 Å². The lowest BCUT2D eigenvalue weighted by Gasteiger charge is -2.35. The van der Waals surface area contributed by atoms with E-state index in [1.807, 2.05) is 43.3 Å². The summed E-state index contributed by atoms with van der Waals surface area (Å²) in [5.41, 5.74) is 4.80. The smallest absolute Gasteiger partial charge is 0.323 e. The van der Waals surface area contributed by atoms with Crippen LogP contribution in [-0.2, 0) is 35.6 Å². The van der Waals surface area contributed by atoms with E-state index in [4.69, 9.17) is 9.47 Å². The third kappa shape index (κ3) is 4.89. The fourth-order valence-electron chi connectivity index (χ4n) is 3.88. The van der Waals surface area contributed by atoms with Gasteiger partial charge in [-0.15, -0.1) is 0 Å². The molecule has 1 atom stereocenters. The molecule has 1 heterocycles. The van der Waals surface area contributed by atoms with Crippen molar-refractivity contribution >= 4 is 5.97 Å². The molecule has 0 spiro atoms. The van der Waals surface area contributed by atoms with Gasteiger partial charge in [0, 0.05) is 13.1 Å². The number of hydrogen-bond donors (Lipinski definition) is 0. The molecule has 4 rings (SSSR count). The molecular weight excluding hydrogens is 374 g/mol. The summed E-state index contributed by atoms with van der Waals surface area (Å²) >= 11 is 0. The monoisotopic (exact) mass is 401 g/mol. The molecule has 0 radical (unpaired) electrons. The lowest BCUT2D eigenvalue weighted by atomic mass is 9.93. The van der Waals surface area contributed by atoms with Crippen molar-refractivity contribution < 1.29 is 14.3 Å². The summed E-state index contributed by atoms with van der Waals surface area (Å²) in [6.45, 7) is 4.24. The van der Waals surface area contributed by atoms with E-state index in [9.17, 15) is 4.79 Å². The molecule has 0 saturated carbocycles. The number of rotatable bonds is 7. The number of esters is 1. The topological polar surface area (TPSA) is 38.8 Å². The molecule has 0 unspecified atom stereocenters. The fourth-order valence-corrected chi connectivity index (χ4v) is 3.88. The first kappa shape index (κ1) is 20.2. The lowest BCUT2D eigenvalue weighted by Crippen LogP contribution is -2.45. The van der Waals surface area contributed by atoms with Crippen molar-refractivity contribution in [1.29, 1.82) is 0 Å². The van der Waals surface area contributed by atoms with Crippen LogP contribution in [0.2, 0.25) is 0 Å². The molecular formula is C26H27NO3. The van der Waals surface area contributed by atoms with Crippen molar-refractivity contribution in [3.05, 3.63) is 101 Å². The maximum atomic E-state index is 12.6. The normalized spacial score (nSPS) is 16.0. The predicted octanol–water partition coefficient (Wildman–Crippen LogP) is 4.76. The van der Waals surface area contributed by atoms with Crippen molar-refractivity contribution in [2.45, 2.75) is 39.1 Å². The number of fused-ring (bicyclic) bond motifs is 1. The highest BCUT2D eigenvalue weighted by Crippen LogP contribution is 2.26. The molecule has 0 fully saturated rings. The Hall–Kier alpha value is -3.11. The van der Waals surface area contributed by atoms with Gasteiger partial charge in [-0.3, -0.25) is 9.69 Å². The minimum absolute atomic E-state index is 0.144. The van der Waals surface area contributed by atoms with Crippen molar-refractivity contribution in [3.63, 3.8) is 0 Å². The lowest BCUT2D eigenvalue weighted by molar-refractivity contribution is -0.150. The molecule has 0 N–H and O–H groups in total. The minimum Gasteiger partial charge on any atom is -0.489 e. The highest BCUT2D eigenvalue weighted by molar-refractivity contribution is 5.76. The first-order chi connectivity index (χ1) is 14.7. The van der Waals surface area contributed by atoms with Crippen LogP contribution in [0.1, 0.15) is 29.2 Å². The van der Waals surface area contributed by atoms with Gasteiger partial charge in [-0.1, -0.05) is 66.7 Å². The molecule has 4 nitrogen and oxygen atoms in total. The summed E-state index contributed by atoms with van der Waals surface area (Å²) < 4.78 is 11.2. The maximum absolute atomic E-state index is 12.6. The summed E-state index contributed by atoms with van der Waals surface area (Å²) in [4.78, 5) is 14.8. The van der Waals surface area contributed by atoms with Gasteiger partial charge in [-0.2, -0.15) is 0 Å². The zero-order valence-corrected chi connectivity index (χ0v) is 17.3. The Bertz CT molecular complexity index is 969. The molecule has 4 heteroatoms. The summed E-state index contributed by atoms with van der Waals surface area (Å²) in [6, 6.07) is 26.4. The second kappa shape index (κ2) is 9.59. The van der Waals surface area contributed by atoms with E-state index in [0.29, 0.717) is 26.2 Å². The molecule has 0 aromatic heterocycles. The van der Waals surface area contributed by atoms with Crippen LogP contribution in [0.25, 0.3) is 0 Å². The number of carbonyl (C=O) groups excluding carboxylic acids is 1. The summed E-state index contributed by atoms with van der Waals surface area (Å²) in [6.07, 6.45) is 0.688. The van der Waals surface area contributed by atoms with Gasteiger partial charge >= 0.3 is 5.97 Å².